The first-order chi connectivity index (χ1) is 13.9. The van der Waals surface area contributed by atoms with Gasteiger partial charge in [-0.3, -0.25) is 25.3 Å². The second kappa shape index (κ2) is 9.17. The van der Waals surface area contributed by atoms with Crippen LogP contribution in [-0.2, 0) is 16.1 Å². The summed E-state index contributed by atoms with van der Waals surface area (Å²) in [5.41, 5.74) is 5.18. The van der Waals surface area contributed by atoms with Crippen LogP contribution in [0.15, 0.2) is 24.3 Å². The molecule has 1 saturated heterocycles. The molecule has 156 valence electrons. The second-order valence-corrected chi connectivity index (χ2v) is 7.67. The van der Waals surface area contributed by atoms with Crippen molar-refractivity contribution in [3.05, 3.63) is 35.6 Å². The van der Waals surface area contributed by atoms with Crippen LogP contribution in [-0.4, -0.2) is 39.9 Å². The van der Waals surface area contributed by atoms with Gasteiger partial charge in [0.25, 0.3) is 5.91 Å². The zero-order chi connectivity index (χ0) is 20.9. The summed E-state index contributed by atoms with van der Waals surface area (Å²) in [5.74, 6) is -0.795. The van der Waals surface area contributed by atoms with Crippen LogP contribution in [0.2, 0.25) is 0 Å². The first kappa shape index (κ1) is 21.0. The number of rotatable bonds is 6. The summed E-state index contributed by atoms with van der Waals surface area (Å²) in [6.45, 7) is 0.586. The molecule has 1 spiro atoms. The Morgan fingerprint density at radius 2 is 1.86 bits per heavy atom. The third-order valence-corrected chi connectivity index (χ3v) is 5.42. The molecule has 8 nitrogen and oxygen atoms in total. The van der Waals surface area contributed by atoms with Gasteiger partial charge in [-0.25, -0.2) is 9.18 Å². The Bertz CT molecular complexity index is 796. The Kier molecular flexibility index (Phi) is 6.63. The molecule has 2 aliphatic rings. The summed E-state index contributed by atoms with van der Waals surface area (Å²) in [5, 5.41) is 5.93. The smallest absolute Gasteiger partial charge is 0.325 e. The number of hydrazine groups is 1. The summed E-state index contributed by atoms with van der Waals surface area (Å²) < 4.78 is 12.9. The largest absolute Gasteiger partial charge is 0.357 e. The Balaban J connectivity index is 1.33. The Morgan fingerprint density at radius 1 is 1.17 bits per heavy atom. The van der Waals surface area contributed by atoms with Gasteiger partial charge >= 0.3 is 6.03 Å². The lowest BCUT2D eigenvalue weighted by molar-refractivity contribution is -0.131. The van der Waals surface area contributed by atoms with E-state index in [1.807, 2.05) is 0 Å². The van der Waals surface area contributed by atoms with E-state index in [1.54, 1.807) is 12.1 Å². The van der Waals surface area contributed by atoms with Crippen molar-refractivity contribution in [1.29, 1.82) is 0 Å². The van der Waals surface area contributed by atoms with Gasteiger partial charge in [0.1, 0.15) is 11.4 Å². The van der Waals surface area contributed by atoms with Crippen molar-refractivity contribution in [2.75, 3.05) is 6.54 Å². The van der Waals surface area contributed by atoms with E-state index in [9.17, 15) is 18.8 Å². The first-order valence-corrected chi connectivity index (χ1v) is 10.0. The zero-order valence-corrected chi connectivity index (χ0v) is 16.7. The number of urea groups is 1. The molecule has 4 N–H and O–H groups in total. The summed E-state index contributed by atoms with van der Waals surface area (Å²) >= 11 is 5.07. The van der Waals surface area contributed by atoms with Gasteiger partial charge in [-0.05, 0) is 49.2 Å². The number of benzene rings is 1. The highest BCUT2D eigenvalue weighted by Crippen LogP contribution is 2.35. The zero-order valence-electron chi connectivity index (χ0n) is 15.9. The van der Waals surface area contributed by atoms with Crippen LogP contribution in [0.3, 0.4) is 0 Å². The molecule has 0 bridgehead atoms. The van der Waals surface area contributed by atoms with Crippen molar-refractivity contribution in [3.8, 4) is 0 Å². The molecule has 1 saturated carbocycles. The second-order valence-electron chi connectivity index (χ2n) is 7.26. The maximum Gasteiger partial charge on any atom is 0.325 e. The Hall–Kier alpha value is -2.75. The number of thiocarbonyl (C=S) groups is 1. The number of imide groups is 1. The fourth-order valence-electron chi connectivity index (χ4n) is 3.61. The van der Waals surface area contributed by atoms with Gasteiger partial charge < -0.3 is 10.6 Å². The molecule has 29 heavy (non-hydrogen) atoms. The monoisotopic (exact) mass is 421 g/mol. The molecule has 0 atom stereocenters. The molecule has 0 unspecified atom stereocenters. The Morgan fingerprint density at radius 3 is 2.55 bits per heavy atom. The molecule has 1 aliphatic carbocycles. The van der Waals surface area contributed by atoms with E-state index in [2.05, 4.69) is 21.5 Å². The molecule has 3 rings (SSSR count). The minimum atomic E-state index is -0.719. The van der Waals surface area contributed by atoms with Gasteiger partial charge in [0.15, 0.2) is 5.11 Å². The number of carbonyl (C=O) groups is 3. The van der Waals surface area contributed by atoms with Crippen molar-refractivity contribution in [3.63, 3.8) is 0 Å². The maximum atomic E-state index is 12.9. The van der Waals surface area contributed by atoms with E-state index in [1.165, 1.54) is 17.0 Å². The van der Waals surface area contributed by atoms with Crippen LogP contribution in [0.5, 0.6) is 0 Å². The topological polar surface area (TPSA) is 103 Å². The van der Waals surface area contributed by atoms with Crippen molar-refractivity contribution in [2.45, 2.75) is 50.6 Å². The van der Waals surface area contributed by atoms with E-state index in [4.69, 9.17) is 12.2 Å². The van der Waals surface area contributed by atoms with E-state index < -0.39 is 5.54 Å². The van der Waals surface area contributed by atoms with E-state index in [-0.39, 0.29) is 41.7 Å². The minimum absolute atomic E-state index is 0.137. The van der Waals surface area contributed by atoms with Crippen LogP contribution >= 0.6 is 12.2 Å². The number of carbonyl (C=O) groups excluding carboxylic acids is 3. The van der Waals surface area contributed by atoms with Gasteiger partial charge in [-0.1, -0.05) is 25.0 Å². The van der Waals surface area contributed by atoms with Crippen molar-refractivity contribution >= 4 is 35.2 Å². The standard InChI is InChI=1S/C19H24FN5O3S/c20-14-7-5-13(6-8-14)12-21-17(29)24-23-15(26)4-3-11-25-16(27)19(22-18(25)28)9-1-2-10-19/h5-8H,1-4,9-12H2,(H,22,28)(H,23,26)(H2,21,24,29). The van der Waals surface area contributed by atoms with E-state index >= 15 is 0 Å². The van der Waals surface area contributed by atoms with Crippen LogP contribution in [0.25, 0.3) is 0 Å². The predicted octanol–water partition coefficient (Wildman–Crippen LogP) is 1.47. The highest BCUT2D eigenvalue weighted by atomic mass is 32.1. The summed E-state index contributed by atoms with van der Waals surface area (Å²) in [7, 11) is 0. The third kappa shape index (κ3) is 5.20. The van der Waals surface area contributed by atoms with Gasteiger partial charge in [0, 0.05) is 19.5 Å². The lowest BCUT2D eigenvalue weighted by atomic mass is 9.98. The molecule has 1 heterocycles. The number of nitrogens with one attached hydrogen (secondary N) is 4. The van der Waals surface area contributed by atoms with E-state index in [0.29, 0.717) is 25.8 Å². The van der Waals surface area contributed by atoms with Crippen LogP contribution in [0.1, 0.15) is 44.1 Å². The quantitative estimate of drug-likeness (QED) is 0.315. The molecule has 10 heteroatoms. The Labute approximate surface area is 173 Å². The van der Waals surface area contributed by atoms with Crippen molar-refractivity contribution < 1.29 is 18.8 Å². The molecule has 1 aromatic carbocycles. The fourth-order valence-corrected chi connectivity index (χ4v) is 3.74. The third-order valence-electron chi connectivity index (χ3n) is 5.17. The van der Waals surface area contributed by atoms with Gasteiger partial charge in [0.05, 0.1) is 0 Å². The number of hydrogen-bond donors (Lipinski definition) is 4. The fraction of sp³-hybridized carbons (Fsp3) is 0.474. The van der Waals surface area contributed by atoms with Gasteiger partial charge in [-0.2, -0.15) is 0 Å². The van der Waals surface area contributed by atoms with Gasteiger partial charge in [0.2, 0.25) is 5.91 Å². The van der Waals surface area contributed by atoms with Crippen LogP contribution in [0, 0.1) is 5.82 Å². The van der Waals surface area contributed by atoms with Crippen LogP contribution in [0.4, 0.5) is 9.18 Å². The molecule has 0 radical (unpaired) electrons. The van der Waals surface area contributed by atoms with E-state index in [0.717, 1.165) is 18.4 Å². The number of amides is 4. The molecular formula is C19H24FN5O3S. The normalized spacial score (nSPS) is 17.3. The molecule has 1 aliphatic heterocycles. The highest BCUT2D eigenvalue weighted by Gasteiger charge is 2.51. The van der Waals surface area contributed by atoms with Gasteiger partial charge in [-0.15, -0.1) is 0 Å². The average Bonchev–Trinajstić information content (AvgIpc) is 3.26. The minimum Gasteiger partial charge on any atom is -0.357 e. The molecule has 2 fully saturated rings. The van der Waals surface area contributed by atoms with Crippen LogP contribution < -0.4 is 21.5 Å². The lowest BCUT2D eigenvalue weighted by Gasteiger charge is -2.20. The summed E-state index contributed by atoms with van der Waals surface area (Å²) in [6, 6.07) is 5.61. The predicted molar refractivity (Wildman–Crippen MR) is 108 cm³/mol. The molecule has 0 aromatic heterocycles. The summed E-state index contributed by atoms with van der Waals surface area (Å²) in [6.07, 6.45) is 3.73. The molecule has 4 amide bonds. The number of halogens is 1. The summed E-state index contributed by atoms with van der Waals surface area (Å²) in [4.78, 5) is 37.7. The lowest BCUT2D eigenvalue weighted by Crippen LogP contribution is -2.46. The number of hydrogen-bond acceptors (Lipinski definition) is 4. The highest BCUT2D eigenvalue weighted by molar-refractivity contribution is 7.80. The molecule has 1 aromatic rings. The average molecular weight is 421 g/mol. The molecular weight excluding hydrogens is 397 g/mol. The van der Waals surface area contributed by atoms with Crippen molar-refractivity contribution in [2.24, 2.45) is 0 Å². The SMILES string of the molecule is O=C(CCCN1C(=O)NC2(CCCC2)C1=O)NNC(=S)NCc1ccc(F)cc1. The first-order valence-electron chi connectivity index (χ1n) is 9.61. The maximum absolute atomic E-state index is 12.9. The van der Waals surface area contributed by atoms with Crippen molar-refractivity contribution in [1.82, 2.24) is 26.4 Å². The number of nitrogens with zero attached hydrogens (tertiary/aromatic N) is 1.